The fourth-order valence-electron chi connectivity index (χ4n) is 4.87. The molecule has 0 bridgehead atoms. The van der Waals surface area contributed by atoms with E-state index in [1.807, 2.05) is 31.2 Å². The maximum Gasteiger partial charge on any atom is 0.354 e. The summed E-state index contributed by atoms with van der Waals surface area (Å²) < 4.78 is 1.42. The highest BCUT2D eigenvalue weighted by molar-refractivity contribution is 5.89. The Kier molecular flexibility index (Phi) is 8.16. The third-order valence-corrected chi connectivity index (χ3v) is 7.14. The van der Waals surface area contributed by atoms with Crippen molar-refractivity contribution in [1.29, 1.82) is 0 Å². The molecule has 38 heavy (non-hydrogen) atoms. The van der Waals surface area contributed by atoms with Gasteiger partial charge in [0.05, 0.1) is 23.9 Å². The molecule has 0 aliphatic carbocycles. The number of carbonyl (C=O) groups is 2. The second-order valence-electron chi connectivity index (χ2n) is 10.9. The number of piperazine rings is 1. The summed E-state index contributed by atoms with van der Waals surface area (Å²) in [5.41, 5.74) is 18.5. The molecule has 12 heteroatoms. The summed E-state index contributed by atoms with van der Waals surface area (Å²) in [6, 6.07) is 8.88. The van der Waals surface area contributed by atoms with Crippen molar-refractivity contribution in [2.45, 2.75) is 63.9 Å². The zero-order valence-corrected chi connectivity index (χ0v) is 22.3. The molecule has 2 aliphatic rings. The number of piperidine rings is 1. The number of nitrogens with two attached hydrogens (primary N) is 3. The molecule has 0 unspecified atom stereocenters. The zero-order chi connectivity index (χ0) is 27.6. The molecule has 1 aromatic carbocycles. The first-order valence-electron chi connectivity index (χ1n) is 13.0. The molecule has 4 rings (SSSR count). The molecule has 0 saturated carbocycles. The van der Waals surface area contributed by atoms with E-state index in [1.165, 1.54) is 9.47 Å². The van der Waals surface area contributed by atoms with Crippen LogP contribution in [0.5, 0.6) is 0 Å². The molecule has 7 N–H and O–H groups in total. The van der Waals surface area contributed by atoms with Crippen molar-refractivity contribution >= 4 is 17.8 Å². The summed E-state index contributed by atoms with van der Waals surface area (Å²) in [6.45, 7) is 8.32. The number of nitrogens with zero attached hydrogens (tertiary/aromatic N) is 5. The summed E-state index contributed by atoms with van der Waals surface area (Å²) in [5, 5.41) is 2.65. The SMILES string of the molecule is C[C@H]1CN(C(=O)Nc2ccn(-c3ccc(CN4CCC(N)CC4)cc3)c(=O)n2)[C@H](N)CN1C(=O)C(C)(C)N. The first-order valence-corrected chi connectivity index (χ1v) is 13.0. The second kappa shape index (κ2) is 11.2. The van der Waals surface area contributed by atoms with E-state index in [0.717, 1.165) is 38.0 Å². The molecule has 1 aromatic heterocycles. The van der Waals surface area contributed by atoms with E-state index in [4.69, 9.17) is 17.2 Å². The lowest BCUT2D eigenvalue weighted by atomic mass is 10.0. The number of carbonyl (C=O) groups excluding carboxylic acids is 2. The minimum Gasteiger partial charge on any atom is -0.333 e. The van der Waals surface area contributed by atoms with Crippen molar-refractivity contribution in [3.05, 3.63) is 52.6 Å². The molecule has 2 aliphatic heterocycles. The van der Waals surface area contributed by atoms with Crippen LogP contribution in [-0.2, 0) is 11.3 Å². The minimum absolute atomic E-state index is 0.123. The maximum absolute atomic E-state index is 12.9. The topological polar surface area (TPSA) is 169 Å². The Balaban J connectivity index is 1.37. The van der Waals surface area contributed by atoms with Crippen molar-refractivity contribution in [2.75, 3.05) is 31.5 Å². The third-order valence-electron chi connectivity index (χ3n) is 7.14. The highest BCUT2D eigenvalue weighted by atomic mass is 16.2. The van der Waals surface area contributed by atoms with Crippen LogP contribution < -0.4 is 28.2 Å². The van der Waals surface area contributed by atoms with E-state index in [0.29, 0.717) is 11.7 Å². The smallest absolute Gasteiger partial charge is 0.333 e. The molecule has 3 amide bonds. The highest BCUT2D eigenvalue weighted by Crippen LogP contribution is 2.18. The molecule has 2 atom stereocenters. The average molecular weight is 526 g/mol. The summed E-state index contributed by atoms with van der Waals surface area (Å²) in [7, 11) is 0. The van der Waals surface area contributed by atoms with Crippen LogP contribution in [0.25, 0.3) is 5.69 Å². The second-order valence-corrected chi connectivity index (χ2v) is 10.9. The van der Waals surface area contributed by atoms with Gasteiger partial charge in [0.25, 0.3) is 0 Å². The molecule has 2 saturated heterocycles. The number of hydrogen-bond acceptors (Lipinski definition) is 8. The number of nitrogens with one attached hydrogen (secondary N) is 1. The molecule has 206 valence electrons. The summed E-state index contributed by atoms with van der Waals surface area (Å²) in [6.07, 6.45) is 2.87. The fourth-order valence-corrected chi connectivity index (χ4v) is 4.87. The van der Waals surface area contributed by atoms with Gasteiger partial charge in [0, 0.05) is 31.4 Å². The Morgan fingerprint density at radius 3 is 2.32 bits per heavy atom. The van der Waals surface area contributed by atoms with Crippen molar-refractivity contribution in [3.63, 3.8) is 0 Å². The van der Waals surface area contributed by atoms with Crippen LogP contribution in [0.1, 0.15) is 39.2 Å². The number of likely N-dealkylation sites (tertiary alicyclic amines) is 1. The van der Waals surface area contributed by atoms with Crippen LogP contribution in [-0.4, -0.2) is 86.2 Å². The van der Waals surface area contributed by atoms with Gasteiger partial charge in [-0.1, -0.05) is 12.1 Å². The number of amides is 3. The van der Waals surface area contributed by atoms with E-state index in [-0.39, 0.29) is 30.9 Å². The normalized spacial score (nSPS) is 21.4. The number of urea groups is 1. The van der Waals surface area contributed by atoms with Gasteiger partial charge in [0.1, 0.15) is 5.82 Å². The number of anilines is 1. The van der Waals surface area contributed by atoms with Crippen LogP contribution in [0.4, 0.5) is 10.6 Å². The van der Waals surface area contributed by atoms with Crippen LogP contribution >= 0.6 is 0 Å². The summed E-state index contributed by atoms with van der Waals surface area (Å²) in [5.74, 6) is -0.104. The van der Waals surface area contributed by atoms with Crippen molar-refractivity contribution in [1.82, 2.24) is 24.3 Å². The predicted molar refractivity (Wildman–Crippen MR) is 145 cm³/mol. The van der Waals surface area contributed by atoms with E-state index in [9.17, 15) is 14.4 Å². The Morgan fingerprint density at radius 1 is 1.05 bits per heavy atom. The largest absolute Gasteiger partial charge is 0.354 e. The third kappa shape index (κ3) is 6.38. The lowest BCUT2D eigenvalue weighted by Crippen LogP contribution is -2.67. The van der Waals surface area contributed by atoms with Crippen LogP contribution in [0.2, 0.25) is 0 Å². The Bertz CT molecular complexity index is 1200. The summed E-state index contributed by atoms with van der Waals surface area (Å²) in [4.78, 5) is 47.7. The molecular formula is C26H39N9O3. The number of hydrogen-bond donors (Lipinski definition) is 4. The molecule has 2 aromatic rings. The first kappa shape index (κ1) is 27.7. The molecule has 2 fully saturated rings. The van der Waals surface area contributed by atoms with Crippen molar-refractivity contribution < 1.29 is 9.59 Å². The molecule has 0 radical (unpaired) electrons. The van der Waals surface area contributed by atoms with E-state index >= 15 is 0 Å². The number of aromatic nitrogens is 2. The van der Waals surface area contributed by atoms with Gasteiger partial charge in [-0.05, 0) is 70.5 Å². The highest BCUT2D eigenvalue weighted by Gasteiger charge is 2.38. The zero-order valence-electron chi connectivity index (χ0n) is 22.3. The van der Waals surface area contributed by atoms with Gasteiger partial charge in [-0.2, -0.15) is 4.98 Å². The monoisotopic (exact) mass is 525 g/mol. The van der Waals surface area contributed by atoms with E-state index in [1.54, 1.807) is 31.0 Å². The maximum atomic E-state index is 12.9. The van der Waals surface area contributed by atoms with Crippen LogP contribution in [0, 0.1) is 0 Å². The van der Waals surface area contributed by atoms with Crippen LogP contribution in [0.15, 0.2) is 41.3 Å². The summed E-state index contributed by atoms with van der Waals surface area (Å²) >= 11 is 0. The minimum atomic E-state index is -1.03. The Hall–Kier alpha value is -3.32. The van der Waals surface area contributed by atoms with Crippen molar-refractivity contribution in [2.24, 2.45) is 17.2 Å². The molecule has 3 heterocycles. The number of benzene rings is 1. The average Bonchev–Trinajstić information content (AvgIpc) is 2.86. The molecule has 0 spiro atoms. The van der Waals surface area contributed by atoms with Gasteiger partial charge in [-0.15, -0.1) is 0 Å². The lowest BCUT2D eigenvalue weighted by Gasteiger charge is -2.45. The van der Waals surface area contributed by atoms with Gasteiger partial charge in [-0.25, -0.2) is 9.59 Å². The number of rotatable bonds is 5. The fraction of sp³-hybridized carbons (Fsp3) is 0.538. The van der Waals surface area contributed by atoms with Gasteiger partial charge in [-0.3, -0.25) is 19.6 Å². The lowest BCUT2D eigenvalue weighted by molar-refractivity contribution is -0.141. The van der Waals surface area contributed by atoms with Gasteiger partial charge < -0.3 is 27.0 Å². The van der Waals surface area contributed by atoms with Gasteiger partial charge >= 0.3 is 11.7 Å². The molecular weight excluding hydrogens is 486 g/mol. The standard InChI is InChI=1S/C26H39N9O3/c1-17-14-35(21(28)16-34(17)23(36)26(2,3)29)25(38)31-22-10-13-33(24(37)30-22)20-6-4-18(5-7-20)15-32-11-8-19(27)9-12-32/h4-7,10,13,17,19,21H,8-9,11-12,14-16,27-29H2,1-3H3,(H,30,31,37,38)/t17-,21-/m0/s1. The van der Waals surface area contributed by atoms with Crippen molar-refractivity contribution in [3.8, 4) is 5.69 Å². The van der Waals surface area contributed by atoms with Gasteiger partial charge in [0.15, 0.2) is 0 Å². The Morgan fingerprint density at radius 2 is 1.71 bits per heavy atom. The quantitative estimate of drug-likeness (QED) is 0.430. The van der Waals surface area contributed by atoms with E-state index in [2.05, 4.69) is 15.2 Å². The van der Waals surface area contributed by atoms with Gasteiger partial charge in [0.2, 0.25) is 5.91 Å². The predicted octanol–water partition coefficient (Wildman–Crippen LogP) is 0.242. The van der Waals surface area contributed by atoms with E-state index < -0.39 is 23.4 Å². The van der Waals surface area contributed by atoms with Crippen LogP contribution in [0.3, 0.4) is 0 Å². The molecule has 12 nitrogen and oxygen atoms in total. The first-order chi connectivity index (χ1) is 17.9. The Labute approximate surface area is 222 Å².